The number of benzene rings is 2. The summed E-state index contributed by atoms with van der Waals surface area (Å²) in [5.41, 5.74) is 0.399. The molecule has 0 radical (unpaired) electrons. The molecule has 2 N–H and O–H groups in total. The number of sulfonamides is 1. The van der Waals surface area contributed by atoms with E-state index in [1.807, 2.05) is 19.0 Å². The summed E-state index contributed by atoms with van der Waals surface area (Å²) in [4.78, 5) is 8.98. The summed E-state index contributed by atoms with van der Waals surface area (Å²) >= 11 is 0. The number of rotatable bonds is 7. The number of anilines is 2. The molecule has 37 heavy (non-hydrogen) atoms. The Morgan fingerprint density at radius 1 is 1.05 bits per heavy atom. The SMILES string of the molecule is CN(C)[C@H]1C[C@@H](c2cccc(C(F)(F)F)c2)CCC1Nc1ccc(S(=O)(=O)Nc2ccncn2)c(F)c1. The van der Waals surface area contributed by atoms with Crippen molar-refractivity contribution in [1.82, 2.24) is 14.9 Å². The highest BCUT2D eigenvalue weighted by Gasteiger charge is 2.35. The van der Waals surface area contributed by atoms with E-state index in [2.05, 4.69) is 20.0 Å². The van der Waals surface area contributed by atoms with Crippen molar-refractivity contribution in [2.24, 2.45) is 0 Å². The third-order valence-corrected chi connectivity index (χ3v) is 7.95. The van der Waals surface area contributed by atoms with Crippen molar-refractivity contribution in [2.45, 2.75) is 48.3 Å². The molecule has 3 aromatic rings. The molecule has 1 unspecified atom stereocenters. The Morgan fingerprint density at radius 2 is 1.84 bits per heavy atom. The minimum Gasteiger partial charge on any atom is -0.381 e. The highest BCUT2D eigenvalue weighted by Crippen LogP contribution is 2.38. The minimum atomic E-state index is -4.40. The van der Waals surface area contributed by atoms with E-state index in [-0.39, 0.29) is 23.8 Å². The van der Waals surface area contributed by atoms with E-state index in [9.17, 15) is 26.0 Å². The molecule has 12 heteroatoms. The molecule has 1 fully saturated rings. The molecule has 2 aromatic carbocycles. The van der Waals surface area contributed by atoms with Gasteiger partial charge in [0.1, 0.15) is 22.9 Å². The van der Waals surface area contributed by atoms with Crippen LogP contribution in [0, 0.1) is 5.82 Å². The number of hydrogen-bond donors (Lipinski definition) is 2. The Kier molecular flexibility index (Phi) is 7.69. The summed E-state index contributed by atoms with van der Waals surface area (Å²) in [6.45, 7) is 0. The third-order valence-electron chi connectivity index (χ3n) is 6.56. The van der Waals surface area contributed by atoms with Crippen LogP contribution in [0.2, 0.25) is 0 Å². The van der Waals surface area contributed by atoms with Gasteiger partial charge in [0.05, 0.1) is 5.56 Å². The molecular weight excluding hydrogens is 510 g/mol. The van der Waals surface area contributed by atoms with Crippen LogP contribution in [-0.4, -0.2) is 49.5 Å². The molecule has 198 valence electrons. The number of nitrogens with one attached hydrogen (secondary N) is 2. The maximum absolute atomic E-state index is 14.9. The van der Waals surface area contributed by atoms with Gasteiger partial charge in [-0.2, -0.15) is 13.2 Å². The van der Waals surface area contributed by atoms with Crippen LogP contribution in [0.15, 0.2) is 66.0 Å². The maximum Gasteiger partial charge on any atom is 0.416 e. The topological polar surface area (TPSA) is 87.2 Å². The quantitative estimate of drug-likeness (QED) is 0.407. The van der Waals surface area contributed by atoms with Crippen molar-refractivity contribution in [3.63, 3.8) is 0 Å². The van der Waals surface area contributed by atoms with E-state index in [1.165, 1.54) is 42.9 Å². The van der Waals surface area contributed by atoms with Gasteiger partial charge in [0.2, 0.25) is 0 Å². The summed E-state index contributed by atoms with van der Waals surface area (Å²) < 4.78 is 81.9. The molecule has 1 aliphatic rings. The van der Waals surface area contributed by atoms with E-state index in [4.69, 9.17) is 0 Å². The predicted molar refractivity (Wildman–Crippen MR) is 132 cm³/mol. The lowest BCUT2D eigenvalue weighted by Crippen LogP contribution is -2.47. The Bertz CT molecular complexity index is 1340. The summed E-state index contributed by atoms with van der Waals surface area (Å²) in [6, 6.07) is 10.4. The van der Waals surface area contributed by atoms with E-state index in [1.54, 1.807) is 6.07 Å². The first-order chi connectivity index (χ1) is 17.4. The normalized spacial score (nSPS) is 20.6. The highest BCUT2D eigenvalue weighted by molar-refractivity contribution is 7.92. The minimum absolute atomic E-state index is 0.0166. The van der Waals surface area contributed by atoms with Gasteiger partial charge in [-0.1, -0.05) is 18.2 Å². The number of hydrogen-bond acceptors (Lipinski definition) is 6. The zero-order chi connectivity index (χ0) is 26.8. The lowest BCUT2D eigenvalue weighted by molar-refractivity contribution is -0.137. The van der Waals surface area contributed by atoms with Gasteiger partial charge in [-0.15, -0.1) is 0 Å². The lowest BCUT2D eigenvalue weighted by atomic mass is 9.78. The maximum atomic E-state index is 14.9. The van der Waals surface area contributed by atoms with Crippen LogP contribution >= 0.6 is 0 Å². The fraction of sp³-hybridized carbons (Fsp3) is 0.360. The summed E-state index contributed by atoms with van der Waals surface area (Å²) in [6.07, 6.45) is 0.0384. The van der Waals surface area contributed by atoms with Crippen LogP contribution < -0.4 is 10.0 Å². The summed E-state index contributed by atoms with van der Waals surface area (Å²) in [7, 11) is -0.418. The second-order valence-corrected chi connectivity index (χ2v) is 10.9. The monoisotopic (exact) mass is 537 g/mol. The Balaban J connectivity index is 1.48. The third kappa shape index (κ3) is 6.37. The molecule has 1 aromatic heterocycles. The molecule has 1 aliphatic carbocycles. The largest absolute Gasteiger partial charge is 0.416 e. The number of alkyl halides is 3. The van der Waals surface area contributed by atoms with Crippen LogP contribution in [0.4, 0.5) is 29.1 Å². The van der Waals surface area contributed by atoms with Crippen molar-refractivity contribution in [3.05, 3.63) is 78.0 Å². The Hall–Kier alpha value is -3.25. The van der Waals surface area contributed by atoms with Gasteiger partial charge >= 0.3 is 6.18 Å². The lowest BCUT2D eigenvalue weighted by Gasteiger charge is -2.41. The van der Waals surface area contributed by atoms with Crippen molar-refractivity contribution >= 4 is 21.5 Å². The molecule has 0 bridgehead atoms. The van der Waals surface area contributed by atoms with Crippen molar-refractivity contribution in [1.29, 1.82) is 0 Å². The van der Waals surface area contributed by atoms with Crippen LogP contribution in [-0.2, 0) is 16.2 Å². The second-order valence-electron chi connectivity index (χ2n) is 9.26. The van der Waals surface area contributed by atoms with Crippen LogP contribution in [0.1, 0.15) is 36.3 Å². The molecular formula is C25H27F4N5O2S. The van der Waals surface area contributed by atoms with Gasteiger partial charge in [-0.05, 0) is 75.2 Å². The molecule has 1 heterocycles. The van der Waals surface area contributed by atoms with Crippen molar-refractivity contribution in [2.75, 3.05) is 24.1 Å². The molecule has 4 rings (SSSR count). The van der Waals surface area contributed by atoms with Crippen LogP contribution in [0.3, 0.4) is 0 Å². The average molecular weight is 538 g/mol. The van der Waals surface area contributed by atoms with Gasteiger partial charge in [-0.25, -0.2) is 22.8 Å². The number of aromatic nitrogens is 2. The van der Waals surface area contributed by atoms with Gasteiger partial charge < -0.3 is 10.2 Å². The summed E-state index contributed by atoms with van der Waals surface area (Å²) in [5, 5.41) is 3.29. The first-order valence-corrected chi connectivity index (χ1v) is 13.1. The molecule has 7 nitrogen and oxygen atoms in total. The fourth-order valence-electron chi connectivity index (χ4n) is 4.72. The van der Waals surface area contributed by atoms with Gasteiger partial charge in [0.15, 0.2) is 0 Å². The van der Waals surface area contributed by atoms with E-state index in [0.29, 0.717) is 30.5 Å². The fourth-order valence-corrected chi connectivity index (χ4v) is 5.79. The molecule has 0 aliphatic heterocycles. The van der Waals surface area contributed by atoms with E-state index >= 15 is 0 Å². The van der Waals surface area contributed by atoms with Gasteiger partial charge in [0, 0.05) is 24.0 Å². The average Bonchev–Trinajstić information content (AvgIpc) is 2.84. The molecule has 0 amide bonds. The second kappa shape index (κ2) is 10.6. The van der Waals surface area contributed by atoms with E-state index in [0.717, 1.165) is 12.1 Å². The zero-order valence-electron chi connectivity index (χ0n) is 20.2. The smallest absolute Gasteiger partial charge is 0.381 e. The van der Waals surface area contributed by atoms with Gasteiger partial charge in [0.25, 0.3) is 10.0 Å². The molecule has 0 spiro atoms. The first kappa shape index (κ1) is 26.8. The first-order valence-electron chi connectivity index (χ1n) is 11.6. The Morgan fingerprint density at radius 3 is 2.49 bits per heavy atom. The predicted octanol–water partition coefficient (Wildman–Crippen LogP) is 5.11. The molecule has 1 saturated carbocycles. The van der Waals surface area contributed by atoms with Gasteiger partial charge in [-0.3, -0.25) is 4.72 Å². The van der Waals surface area contributed by atoms with Crippen LogP contribution in [0.25, 0.3) is 0 Å². The molecule has 0 saturated heterocycles. The standard InChI is InChI=1S/C25H27F4N5O2S/c1-34(2)22-13-17(16-4-3-5-18(12-16)25(27,28)29)6-8-21(22)32-19-7-9-23(20(26)14-19)37(35,36)33-24-10-11-30-15-31-24/h3-5,7,9-12,14-15,17,21-22,32H,6,8,13H2,1-2H3,(H,30,31,33)/t17-,21?,22-/m0/s1. The number of nitrogens with zero attached hydrogens (tertiary/aromatic N) is 3. The highest BCUT2D eigenvalue weighted by atomic mass is 32.2. The van der Waals surface area contributed by atoms with E-state index < -0.39 is 32.5 Å². The molecule has 3 atom stereocenters. The Labute approximate surface area is 213 Å². The number of likely N-dealkylation sites (N-methyl/N-ethyl adjacent to an activating group) is 1. The summed E-state index contributed by atoms with van der Waals surface area (Å²) in [5.74, 6) is -0.960. The van der Waals surface area contributed by atoms with Crippen LogP contribution in [0.5, 0.6) is 0 Å². The number of halogens is 4. The zero-order valence-corrected chi connectivity index (χ0v) is 21.0. The van der Waals surface area contributed by atoms with Crippen molar-refractivity contribution < 1.29 is 26.0 Å². The van der Waals surface area contributed by atoms with Crippen molar-refractivity contribution in [3.8, 4) is 0 Å².